The predicted octanol–water partition coefficient (Wildman–Crippen LogP) is 6.92. The lowest BCUT2D eigenvalue weighted by atomic mass is 10.0. The molecule has 0 atom stereocenters. The van der Waals surface area contributed by atoms with E-state index >= 15 is 0 Å². The van der Waals surface area contributed by atoms with Gasteiger partial charge in [-0.1, -0.05) is 72.0 Å². The SMILES string of the molecule is Cc1ccccc1N(C(=O)/C=C(/c1ccccc1)C(F)(F)F)c1nc2ccccc2s1. The number of hydrogen-bond donors (Lipinski definition) is 0. The fourth-order valence-electron chi connectivity index (χ4n) is 3.22. The molecule has 1 aromatic heterocycles. The van der Waals surface area contributed by atoms with E-state index in [0.717, 1.165) is 10.3 Å². The molecule has 0 aliphatic rings. The van der Waals surface area contributed by atoms with Gasteiger partial charge in [-0.25, -0.2) is 4.98 Å². The van der Waals surface area contributed by atoms with Crippen LogP contribution >= 0.6 is 11.3 Å². The van der Waals surface area contributed by atoms with E-state index in [1.165, 1.54) is 40.5 Å². The van der Waals surface area contributed by atoms with Crippen LogP contribution < -0.4 is 4.90 Å². The third-order valence-corrected chi connectivity index (χ3v) is 5.73. The van der Waals surface area contributed by atoms with Crippen LogP contribution in [0.15, 0.2) is 84.9 Å². The molecule has 0 saturated carbocycles. The van der Waals surface area contributed by atoms with Crippen molar-refractivity contribution in [3.8, 4) is 0 Å². The van der Waals surface area contributed by atoms with E-state index in [-0.39, 0.29) is 5.56 Å². The van der Waals surface area contributed by atoms with Gasteiger partial charge >= 0.3 is 6.18 Å². The fraction of sp³-hybridized carbons (Fsp3) is 0.0833. The van der Waals surface area contributed by atoms with Gasteiger partial charge in [0.1, 0.15) is 0 Å². The highest BCUT2D eigenvalue weighted by Crippen LogP contribution is 2.38. The van der Waals surface area contributed by atoms with E-state index in [9.17, 15) is 18.0 Å². The van der Waals surface area contributed by atoms with E-state index in [1.807, 2.05) is 18.2 Å². The van der Waals surface area contributed by atoms with Crippen LogP contribution in [0.3, 0.4) is 0 Å². The summed E-state index contributed by atoms with van der Waals surface area (Å²) < 4.78 is 42.3. The number of alkyl halides is 3. The molecule has 0 saturated heterocycles. The Hall–Kier alpha value is -3.45. The van der Waals surface area contributed by atoms with Crippen LogP contribution in [-0.4, -0.2) is 17.1 Å². The average molecular weight is 438 g/mol. The molecular weight excluding hydrogens is 421 g/mol. The first kappa shape index (κ1) is 20.8. The molecule has 31 heavy (non-hydrogen) atoms. The lowest BCUT2D eigenvalue weighted by molar-refractivity contribution is -0.114. The van der Waals surface area contributed by atoms with E-state index in [0.29, 0.717) is 22.4 Å². The normalized spacial score (nSPS) is 12.2. The molecule has 3 nitrogen and oxygen atoms in total. The number of halogens is 3. The largest absolute Gasteiger partial charge is 0.417 e. The molecule has 1 amide bonds. The van der Waals surface area contributed by atoms with Crippen molar-refractivity contribution in [3.63, 3.8) is 0 Å². The van der Waals surface area contributed by atoms with Gasteiger partial charge in [-0.3, -0.25) is 9.69 Å². The summed E-state index contributed by atoms with van der Waals surface area (Å²) in [4.78, 5) is 19.1. The Morgan fingerprint density at radius 2 is 1.58 bits per heavy atom. The Balaban J connectivity index is 1.87. The molecule has 0 N–H and O–H groups in total. The Morgan fingerprint density at radius 1 is 0.935 bits per heavy atom. The Labute approximate surface area is 181 Å². The third-order valence-electron chi connectivity index (χ3n) is 4.71. The monoisotopic (exact) mass is 438 g/mol. The van der Waals surface area contributed by atoms with Crippen molar-refractivity contribution in [3.05, 3.63) is 96.1 Å². The molecule has 0 aliphatic carbocycles. The number of fused-ring (bicyclic) bond motifs is 1. The van der Waals surface area contributed by atoms with Crippen molar-refractivity contribution in [2.24, 2.45) is 0 Å². The van der Waals surface area contributed by atoms with Crippen LogP contribution in [0.1, 0.15) is 11.1 Å². The highest BCUT2D eigenvalue weighted by molar-refractivity contribution is 7.22. The molecule has 1 heterocycles. The van der Waals surface area contributed by atoms with Crippen LogP contribution in [-0.2, 0) is 4.79 Å². The topological polar surface area (TPSA) is 33.2 Å². The number of allylic oxidation sites excluding steroid dienone is 1. The first-order valence-electron chi connectivity index (χ1n) is 9.44. The number of para-hydroxylation sites is 2. The van der Waals surface area contributed by atoms with Crippen LogP contribution in [0.5, 0.6) is 0 Å². The summed E-state index contributed by atoms with van der Waals surface area (Å²) in [6, 6.07) is 21.7. The second-order valence-electron chi connectivity index (χ2n) is 6.85. The minimum absolute atomic E-state index is 0.0719. The zero-order chi connectivity index (χ0) is 22.0. The van der Waals surface area contributed by atoms with Crippen molar-refractivity contribution in [1.29, 1.82) is 0 Å². The van der Waals surface area contributed by atoms with Crippen molar-refractivity contribution in [1.82, 2.24) is 4.98 Å². The highest BCUT2D eigenvalue weighted by atomic mass is 32.1. The number of amides is 1. The predicted molar refractivity (Wildman–Crippen MR) is 118 cm³/mol. The zero-order valence-corrected chi connectivity index (χ0v) is 17.2. The quantitative estimate of drug-likeness (QED) is 0.324. The summed E-state index contributed by atoms with van der Waals surface area (Å²) in [5.74, 6) is -0.815. The van der Waals surface area contributed by atoms with Crippen LogP contribution in [0, 0.1) is 6.92 Å². The maximum absolute atomic E-state index is 13.8. The van der Waals surface area contributed by atoms with Crippen molar-refractivity contribution in [2.45, 2.75) is 13.1 Å². The van der Waals surface area contributed by atoms with E-state index in [2.05, 4.69) is 4.98 Å². The first-order chi connectivity index (χ1) is 14.8. The van der Waals surface area contributed by atoms with Gasteiger partial charge in [0.15, 0.2) is 5.13 Å². The second-order valence-corrected chi connectivity index (χ2v) is 7.86. The zero-order valence-electron chi connectivity index (χ0n) is 16.4. The van der Waals surface area contributed by atoms with Crippen LogP contribution in [0.25, 0.3) is 15.8 Å². The highest BCUT2D eigenvalue weighted by Gasteiger charge is 2.36. The number of thiazole rings is 1. The summed E-state index contributed by atoms with van der Waals surface area (Å²) in [5.41, 5.74) is 0.835. The Morgan fingerprint density at radius 3 is 2.26 bits per heavy atom. The number of carbonyl (C=O) groups excluding carboxylic acids is 1. The molecule has 4 aromatic rings. The number of aryl methyl sites for hydroxylation is 1. The van der Waals surface area contributed by atoms with Gasteiger partial charge < -0.3 is 0 Å². The Kier molecular flexibility index (Phi) is 5.61. The van der Waals surface area contributed by atoms with Gasteiger partial charge in [0.2, 0.25) is 0 Å². The van der Waals surface area contributed by atoms with Gasteiger partial charge in [0, 0.05) is 6.08 Å². The standard InChI is InChI=1S/C24H17F3N2OS/c1-16-9-5-7-13-20(16)29(23-28-19-12-6-8-14-21(19)31-23)22(30)15-18(24(25,26)27)17-10-3-2-4-11-17/h2-15H,1H3/b18-15-. The number of hydrogen-bond acceptors (Lipinski definition) is 3. The molecule has 0 unspecified atom stereocenters. The van der Waals surface area contributed by atoms with Gasteiger partial charge in [0.05, 0.1) is 21.5 Å². The minimum atomic E-state index is -4.69. The average Bonchev–Trinajstić information content (AvgIpc) is 3.17. The summed E-state index contributed by atoms with van der Waals surface area (Å²) in [6.07, 6.45) is -4.05. The van der Waals surface area contributed by atoms with Crippen molar-refractivity contribution < 1.29 is 18.0 Å². The lowest BCUT2D eigenvalue weighted by Crippen LogP contribution is -2.26. The number of anilines is 2. The summed E-state index contributed by atoms with van der Waals surface area (Å²) in [7, 11) is 0. The first-order valence-corrected chi connectivity index (χ1v) is 10.3. The van der Waals surface area contributed by atoms with Crippen molar-refractivity contribution in [2.75, 3.05) is 4.90 Å². The van der Waals surface area contributed by atoms with Gasteiger partial charge in [-0.2, -0.15) is 13.2 Å². The molecule has 7 heteroatoms. The number of benzene rings is 3. The minimum Gasteiger partial charge on any atom is -0.269 e. The maximum Gasteiger partial charge on any atom is 0.417 e. The Bertz CT molecular complexity index is 1230. The molecule has 0 fully saturated rings. The summed E-state index contributed by atoms with van der Waals surface area (Å²) in [6.45, 7) is 1.80. The molecular formula is C24H17F3N2OS. The van der Waals surface area contributed by atoms with Gasteiger partial charge in [-0.15, -0.1) is 0 Å². The van der Waals surface area contributed by atoms with E-state index < -0.39 is 17.7 Å². The number of rotatable bonds is 4. The van der Waals surface area contributed by atoms with Crippen LogP contribution in [0.2, 0.25) is 0 Å². The summed E-state index contributed by atoms with van der Waals surface area (Å²) >= 11 is 1.25. The lowest BCUT2D eigenvalue weighted by Gasteiger charge is -2.21. The van der Waals surface area contributed by atoms with E-state index in [1.54, 1.807) is 43.3 Å². The maximum atomic E-state index is 13.8. The molecule has 3 aromatic carbocycles. The molecule has 0 aliphatic heterocycles. The molecule has 0 radical (unpaired) electrons. The van der Waals surface area contributed by atoms with Crippen molar-refractivity contribution >= 4 is 43.9 Å². The van der Waals surface area contributed by atoms with Crippen LogP contribution in [0.4, 0.5) is 24.0 Å². The molecule has 0 bridgehead atoms. The molecule has 156 valence electrons. The number of carbonyl (C=O) groups is 1. The molecule has 4 rings (SSSR count). The third kappa shape index (κ3) is 4.36. The number of aromatic nitrogens is 1. The van der Waals surface area contributed by atoms with Gasteiger partial charge in [-0.05, 0) is 36.2 Å². The fourth-order valence-corrected chi connectivity index (χ4v) is 4.21. The van der Waals surface area contributed by atoms with E-state index in [4.69, 9.17) is 0 Å². The molecule has 0 spiro atoms. The second kappa shape index (κ2) is 8.35. The van der Waals surface area contributed by atoms with Gasteiger partial charge in [0.25, 0.3) is 5.91 Å². The number of nitrogens with zero attached hydrogens (tertiary/aromatic N) is 2. The smallest absolute Gasteiger partial charge is 0.269 e. The summed E-state index contributed by atoms with van der Waals surface area (Å²) in [5, 5.41) is 0.311.